The van der Waals surface area contributed by atoms with E-state index in [9.17, 15) is 24.0 Å². The molecule has 1 aromatic carbocycles. The van der Waals surface area contributed by atoms with E-state index in [2.05, 4.69) is 17.6 Å². The quantitative estimate of drug-likeness (QED) is 0.0625. The number of aromatic nitrogens is 1. The van der Waals surface area contributed by atoms with Crippen molar-refractivity contribution in [3.63, 3.8) is 0 Å². The highest BCUT2D eigenvalue weighted by Crippen LogP contribution is 2.59. The molecule has 0 bridgehead atoms. The molecule has 0 saturated heterocycles. The largest absolute Gasteiger partial charge is 0.349 e. The molecule has 10 nitrogen and oxygen atoms in total. The van der Waals surface area contributed by atoms with Crippen LogP contribution in [-0.4, -0.2) is 79.1 Å². The van der Waals surface area contributed by atoms with Crippen molar-refractivity contribution >= 4 is 85.4 Å². The topological polar surface area (TPSA) is 149 Å². The Labute approximate surface area is 282 Å². The van der Waals surface area contributed by atoms with Crippen LogP contribution in [0.4, 0.5) is 10.5 Å². The summed E-state index contributed by atoms with van der Waals surface area (Å²) in [6.07, 6.45) is 5.53. The van der Waals surface area contributed by atoms with Gasteiger partial charge < -0.3 is 24.9 Å². The minimum atomic E-state index is -4.50. The van der Waals surface area contributed by atoms with Crippen molar-refractivity contribution in [2.45, 2.75) is 64.8 Å². The number of thioether (sulfide) groups is 1. The van der Waals surface area contributed by atoms with E-state index in [1.165, 1.54) is 11.8 Å². The van der Waals surface area contributed by atoms with Crippen molar-refractivity contribution in [2.24, 2.45) is 5.73 Å². The Morgan fingerprint density at radius 2 is 1.98 bits per heavy atom. The minimum Gasteiger partial charge on any atom is -0.349 e. The normalized spacial score (nSPS) is 14.2. The van der Waals surface area contributed by atoms with Gasteiger partial charge in [0, 0.05) is 46.5 Å². The van der Waals surface area contributed by atoms with E-state index >= 15 is 0 Å². The van der Waals surface area contributed by atoms with Crippen LogP contribution in [0.1, 0.15) is 53.4 Å². The lowest BCUT2D eigenvalue weighted by Crippen LogP contribution is -2.37. The Kier molecular flexibility index (Phi) is 20.9. The average Bonchev–Trinajstić information content (AvgIpc) is 2.97. The molecular weight excluding hydrogens is 685 g/mol. The number of hydrogen-bond donors (Lipinski definition) is 5. The van der Waals surface area contributed by atoms with Crippen LogP contribution < -0.4 is 10.6 Å². The molecule has 1 amide bonds. The first-order chi connectivity index (χ1) is 20.8. The van der Waals surface area contributed by atoms with Gasteiger partial charge in [0.1, 0.15) is 12.1 Å². The first kappa shape index (κ1) is 41.6. The lowest BCUT2D eigenvalue weighted by Gasteiger charge is -2.31. The van der Waals surface area contributed by atoms with E-state index in [0.29, 0.717) is 54.5 Å². The van der Waals surface area contributed by atoms with Crippen LogP contribution in [0.5, 0.6) is 0 Å². The maximum atomic E-state index is 13.3. The van der Waals surface area contributed by atoms with E-state index in [4.69, 9.17) is 33.5 Å². The molecule has 0 aliphatic carbocycles. The Morgan fingerprint density at radius 3 is 2.55 bits per heavy atom. The van der Waals surface area contributed by atoms with E-state index in [1.54, 1.807) is 23.2 Å². The van der Waals surface area contributed by atoms with E-state index in [0.717, 1.165) is 22.5 Å². The molecule has 0 saturated carbocycles. The molecule has 0 aliphatic heterocycles. The summed E-state index contributed by atoms with van der Waals surface area (Å²) in [5.41, 5.74) is 7.10. The van der Waals surface area contributed by atoms with Gasteiger partial charge in [0.25, 0.3) is 5.24 Å². The second-order valence-corrected chi connectivity index (χ2v) is 16.1. The Bertz CT molecular complexity index is 1230. The van der Waals surface area contributed by atoms with Gasteiger partial charge in [-0.15, -0.1) is 0 Å². The van der Waals surface area contributed by atoms with Crippen molar-refractivity contribution in [1.29, 1.82) is 0 Å². The predicted molar refractivity (Wildman–Crippen MR) is 191 cm³/mol. The molecule has 16 heteroatoms. The van der Waals surface area contributed by atoms with Crippen LogP contribution in [0.15, 0.2) is 41.6 Å². The maximum absolute atomic E-state index is 13.3. The highest BCUT2D eigenvalue weighted by molar-refractivity contribution is 8.13. The lowest BCUT2D eigenvalue weighted by atomic mass is 10.1. The monoisotopic (exact) mass is 730 g/mol. The number of thiol groups is 1. The number of hydrogen-bond acceptors (Lipinski definition) is 9. The van der Waals surface area contributed by atoms with E-state index < -0.39 is 21.4 Å². The van der Waals surface area contributed by atoms with Gasteiger partial charge in [-0.1, -0.05) is 48.0 Å². The number of nitrogens with zero attached hydrogens (tertiary/aromatic N) is 3. The first-order valence-corrected chi connectivity index (χ1v) is 19.6. The summed E-state index contributed by atoms with van der Waals surface area (Å²) in [6.45, 7) is 9.38. The number of rotatable bonds is 17. The van der Waals surface area contributed by atoms with Gasteiger partial charge >= 0.3 is 7.60 Å². The summed E-state index contributed by atoms with van der Waals surface area (Å²) in [6, 6.07) is 7.10. The maximum Gasteiger partial charge on any atom is 0.337 e. The summed E-state index contributed by atoms with van der Waals surface area (Å²) >= 11 is 16.7. The van der Waals surface area contributed by atoms with Crippen LogP contribution in [0, 0.1) is 0 Å². The van der Waals surface area contributed by atoms with Crippen molar-refractivity contribution in [3.8, 4) is 0 Å². The number of carbonyl (C=O) groups excluding carboxylic acids is 1. The highest BCUT2D eigenvalue weighted by atomic mass is 35.5. The zero-order valence-corrected chi connectivity index (χ0v) is 30.7. The van der Waals surface area contributed by atoms with Crippen LogP contribution in [0.2, 0.25) is 5.02 Å². The van der Waals surface area contributed by atoms with Crippen LogP contribution in [0.25, 0.3) is 10.9 Å². The number of amides is 1. The van der Waals surface area contributed by atoms with Crippen molar-refractivity contribution in [3.05, 3.63) is 46.6 Å². The molecule has 3 unspecified atom stereocenters. The van der Waals surface area contributed by atoms with Crippen LogP contribution in [-0.2, 0) is 9.09 Å². The molecule has 0 aliphatic rings. The number of pyridine rings is 1. The van der Waals surface area contributed by atoms with Crippen LogP contribution >= 0.6 is 63.6 Å². The minimum absolute atomic E-state index is 0.0508. The second kappa shape index (κ2) is 22.2. The van der Waals surface area contributed by atoms with Crippen LogP contribution in [0.3, 0.4) is 0 Å². The van der Waals surface area contributed by atoms with Gasteiger partial charge in [-0.25, -0.2) is 0 Å². The SMILES string of the molecule is C/C=C(\C)Cl.CCN(CCCC(C)N(C(=O)SCCN)c1ccnc2cc(Cl)ccc12)COP(O)C(CCCS)P(=O)(O)O. The van der Waals surface area contributed by atoms with E-state index in [1.807, 2.05) is 50.8 Å². The number of carbonyl (C=O) groups is 1. The first-order valence-electron chi connectivity index (χ1n) is 14.3. The fourth-order valence-corrected chi connectivity index (χ4v) is 7.67. The number of nitrogens with two attached hydrogens (primary N) is 1. The zero-order chi connectivity index (χ0) is 33.3. The molecule has 2 rings (SSSR count). The molecular formula is C28H46Cl2N4O6P2S2. The van der Waals surface area contributed by atoms with E-state index in [-0.39, 0.29) is 24.4 Å². The van der Waals surface area contributed by atoms with Gasteiger partial charge in [-0.05, 0) is 83.0 Å². The second-order valence-electron chi connectivity index (χ2n) is 9.84. The molecule has 2 aromatic rings. The molecule has 5 N–H and O–H groups in total. The Morgan fingerprint density at radius 1 is 1.30 bits per heavy atom. The molecule has 0 radical (unpaired) electrons. The summed E-state index contributed by atoms with van der Waals surface area (Å²) in [4.78, 5) is 51.0. The number of fused-ring (bicyclic) bond motifs is 1. The number of benzene rings is 1. The fraction of sp³-hybridized carbons (Fsp3) is 0.571. The molecule has 3 atom stereocenters. The Hall–Kier alpha value is -0.460. The standard InChI is InChI=1S/C24H39ClN4O6P2S2.C4H7Cl/c1-3-28(17-35-36(31)23(7-5-14-38)37(32,33)34)13-4-6-18(2)29(24(30)39-15-11-26)22-10-12-27-21-16-19(25)8-9-20(21)22;1-3-4(2)5/h8-10,12,16,18,23,31,38H,3-7,11,13-15,17,26H2,1-2H3,(H2,32,33,34);3H,1-2H3/b;4-3+. The van der Waals surface area contributed by atoms with Gasteiger partial charge in [-0.2, -0.15) is 12.6 Å². The molecule has 250 valence electrons. The number of halogens is 2. The van der Waals surface area contributed by atoms with Gasteiger partial charge in [0.15, 0.2) is 8.38 Å². The predicted octanol–water partition coefficient (Wildman–Crippen LogP) is 7.64. The molecule has 44 heavy (non-hydrogen) atoms. The Balaban J connectivity index is 0.00000178. The smallest absolute Gasteiger partial charge is 0.337 e. The third-order valence-electron chi connectivity index (χ3n) is 6.50. The highest BCUT2D eigenvalue weighted by Gasteiger charge is 2.36. The van der Waals surface area contributed by atoms with Gasteiger partial charge in [0.2, 0.25) is 0 Å². The third-order valence-corrected chi connectivity index (χ3v) is 11.8. The molecule has 0 fully saturated rings. The number of allylic oxidation sites excluding steroid dienone is 2. The molecule has 1 aromatic heterocycles. The molecule has 0 spiro atoms. The van der Waals surface area contributed by atoms with Gasteiger partial charge in [-0.3, -0.25) is 24.1 Å². The van der Waals surface area contributed by atoms with Crippen molar-refractivity contribution < 1.29 is 28.6 Å². The zero-order valence-electron chi connectivity index (χ0n) is 25.7. The average molecular weight is 732 g/mol. The van der Waals surface area contributed by atoms with Crippen molar-refractivity contribution in [1.82, 2.24) is 9.88 Å². The third kappa shape index (κ3) is 15.0. The van der Waals surface area contributed by atoms with Crippen molar-refractivity contribution in [2.75, 3.05) is 42.8 Å². The summed E-state index contributed by atoms with van der Waals surface area (Å²) in [7, 11) is -6.80. The summed E-state index contributed by atoms with van der Waals surface area (Å²) < 4.78 is 17.3. The molecule has 1 heterocycles. The summed E-state index contributed by atoms with van der Waals surface area (Å²) in [5.74, 6) is 0.970. The fourth-order valence-electron chi connectivity index (χ4n) is 4.01. The lowest BCUT2D eigenvalue weighted by molar-refractivity contribution is 0.129. The van der Waals surface area contributed by atoms with Gasteiger partial charge in [0.05, 0.1) is 11.2 Å². The summed E-state index contributed by atoms with van der Waals surface area (Å²) in [5, 5.41) is 0.923. The number of anilines is 1.